The molecule has 0 aromatic heterocycles. The van der Waals surface area contributed by atoms with Crippen LogP contribution in [0.2, 0.25) is 0 Å². The zero-order valence-electron chi connectivity index (χ0n) is 16.3. The van der Waals surface area contributed by atoms with Gasteiger partial charge in [-0.2, -0.15) is 0 Å². The third kappa shape index (κ3) is 21.4. The Kier molecular flexibility index (Phi) is 21.0. The van der Waals surface area contributed by atoms with Crippen molar-refractivity contribution in [1.82, 2.24) is 0 Å². The second kappa shape index (κ2) is 21.5. The number of allylic oxidation sites excluding steroid dienone is 4. The zero-order valence-corrected chi connectivity index (χ0v) is 17.9. The Bertz CT molecular complexity index is 337. The zero-order chi connectivity index (χ0) is 18.4. The Morgan fingerprint density at radius 1 is 0.800 bits per heavy atom. The molecule has 0 saturated heterocycles. The lowest BCUT2D eigenvalue weighted by molar-refractivity contribution is -0.143. The molecule has 2 nitrogen and oxygen atoms in total. The molecule has 0 heterocycles. The van der Waals surface area contributed by atoms with E-state index in [1.54, 1.807) is 0 Å². The summed E-state index contributed by atoms with van der Waals surface area (Å²) < 4.78 is 5.19. The molecule has 0 spiro atoms. The van der Waals surface area contributed by atoms with Gasteiger partial charge in [-0.1, -0.05) is 85.7 Å². The normalized spacial score (nSPS) is 11.6. The monoisotopic (exact) mass is 414 g/mol. The van der Waals surface area contributed by atoms with Crippen molar-refractivity contribution < 1.29 is 9.53 Å². The highest BCUT2D eigenvalue weighted by atomic mass is 79.9. The van der Waals surface area contributed by atoms with Gasteiger partial charge in [-0.25, -0.2) is 0 Å². The fourth-order valence-corrected chi connectivity index (χ4v) is 2.84. The van der Waals surface area contributed by atoms with Crippen molar-refractivity contribution in [2.45, 2.75) is 96.8 Å². The number of esters is 1. The van der Waals surface area contributed by atoms with Gasteiger partial charge in [-0.05, 0) is 44.9 Å². The molecule has 0 radical (unpaired) electrons. The van der Waals surface area contributed by atoms with E-state index in [0.717, 1.165) is 24.6 Å². The number of hydrogen-bond donors (Lipinski definition) is 0. The fraction of sp³-hybridized carbons (Fsp3) is 0.773. The summed E-state index contributed by atoms with van der Waals surface area (Å²) in [6.45, 7) is 2.84. The van der Waals surface area contributed by atoms with Crippen LogP contribution in [0, 0.1) is 0 Å². The van der Waals surface area contributed by atoms with E-state index in [2.05, 4.69) is 47.2 Å². The van der Waals surface area contributed by atoms with Crippen LogP contribution in [0.5, 0.6) is 0 Å². The van der Waals surface area contributed by atoms with Crippen LogP contribution in [0.4, 0.5) is 0 Å². The van der Waals surface area contributed by atoms with Gasteiger partial charge >= 0.3 is 5.97 Å². The molecule has 0 aliphatic heterocycles. The molecule has 0 fully saturated rings. The van der Waals surface area contributed by atoms with E-state index in [4.69, 9.17) is 4.74 Å². The van der Waals surface area contributed by atoms with E-state index in [1.807, 2.05) is 0 Å². The van der Waals surface area contributed by atoms with E-state index < -0.39 is 0 Å². The molecule has 0 aliphatic carbocycles. The SMILES string of the molecule is CCCCC/C=C\C/C=C\CCCCCCCCOC(=O)CCCBr. The number of carbonyl (C=O) groups is 1. The molecule has 0 aromatic rings. The van der Waals surface area contributed by atoms with Crippen LogP contribution in [0.3, 0.4) is 0 Å². The maximum atomic E-state index is 11.3. The number of rotatable bonds is 18. The van der Waals surface area contributed by atoms with E-state index in [0.29, 0.717) is 13.0 Å². The van der Waals surface area contributed by atoms with Crippen molar-refractivity contribution in [3.63, 3.8) is 0 Å². The molecular formula is C22H39BrO2. The van der Waals surface area contributed by atoms with Crippen LogP contribution in [0.1, 0.15) is 96.8 Å². The maximum absolute atomic E-state index is 11.3. The summed E-state index contributed by atoms with van der Waals surface area (Å²) in [4.78, 5) is 11.3. The van der Waals surface area contributed by atoms with Crippen LogP contribution >= 0.6 is 15.9 Å². The lowest BCUT2D eigenvalue weighted by Crippen LogP contribution is -2.05. The van der Waals surface area contributed by atoms with E-state index >= 15 is 0 Å². The molecule has 0 unspecified atom stereocenters. The largest absolute Gasteiger partial charge is 0.466 e. The lowest BCUT2D eigenvalue weighted by Gasteiger charge is -2.04. The van der Waals surface area contributed by atoms with Gasteiger partial charge in [0.2, 0.25) is 0 Å². The van der Waals surface area contributed by atoms with Gasteiger partial charge in [0, 0.05) is 11.8 Å². The molecule has 0 N–H and O–H groups in total. The van der Waals surface area contributed by atoms with E-state index in [9.17, 15) is 4.79 Å². The predicted octanol–water partition coefficient (Wildman–Crippen LogP) is 7.52. The standard InChI is InChI=1S/C22H39BrO2/c1-2-3-4-5-6-7-8-9-10-11-12-13-14-15-16-17-21-25-22(24)19-18-20-23/h6-7,9-10H,2-5,8,11-21H2,1H3/b7-6-,10-9-. The second-order valence-electron chi connectivity index (χ2n) is 6.60. The summed E-state index contributed by atoms with van der Waals surface area (Å²) in [5.74, 6) is -0.0537. The van der Waals surface area contributed by atoms with Crippen LogP contribution in [0.15, 0.2) is 24.3 Å². The van der Waals surface area contributed by atoms with Gasteiger partial charge < -0.3 is 4.74 Å². The van der Waals surface area contributed by atoms with E-state index in [1.165, 1.54) is 64.2 Å². The molecule has 146 valence electrons. The Labute approximate surface area is 164 Å². The van der Waals surface area contributed by atoms with Crippen LogP contribution in [-0.4, -0.2) is 17.9 Å². The molecular weight excluding hydrogens is 376 g/mol. The highest BCUT2D eigenvalue weighted by Crippen LogP contribution is 2.08. The van der Waals surface area contributed by atoms with Gasteiger partial charge in [0.05, 0.1) is 6.61 Å². The van der Waals surface area contributed by atoms with Crippen molar-refractivity contribution in [3.8, 4) is 0 Å². The number of carbonyl (C=O) groups excluding carboxylic acids is 1. The average Bonchev–Trinajstić information content (AvgIpc) is 2.62. The number of halogens is 1. The minimum Gasteiger partial charge on any atom is -0.466 e. The van der Waals surface area contributed by atoms with Crippen LogP contribution in [0.25, 0.3) is 0 Å². The van der Waals surface area contributed by atoms with Crippen LogP contribution < -0.4 is 0 Å². The first-order chi connectivity index (χ1) is 12.3. The molecule has 25 heavy (non-hydrogen) atoms. The first-order valence-corrected chi connectivity index (χ1v) is 11.4. The lowest BCUT2D eigenvalue weighted by atomic mass is 10.1. The Hall–Kier alpha value is -0.570. The first kappa shape index (κ1) is 24.4. The summed E-state index contributed by atoms with van der Waals surface area (Å²) in [5, 5.41) is 0.868. The number of hydrogen-bond acceptors (Lipinski definition) is 2. The van der Waals surface area contributed by atoms with Gasteiger partial charge in [0.25, 0.3) is 0 Å². The first-order valence-electron chi connectivity index (χ1n) is 10.3. The molecule has 0 atom stereocenters. The maximum Gasteiger partial charge on any atom is 0.305 e. The third-order valence-corrected chi connectivity index (χ3v) is 4.68. The Morgan fingerprint density at radius 3 is 2.04 bits per heavy atom. The summed E-state index contributed by atoms with van der Waals surface area (Å²) in [7, 11) is 0. The molecule has 0 amide bonds. The van der Waals surface area contributed by atoms with Crippen LogP contribution in [-0.2, 0) is 9.53 Å². The number of unbranched alkanes of at least 4 members (excludes halogenated alkanes) is 9. The van der Waals surface area contributed by atoms with Gasteiger partial charge in [0.1, 0.15) is 0 Å². The van der Waals surface area contributed by atoms with Crippen molar-refractivity contribution in [2.24, 2.45) is 0 Å². The van der Waals surface area contributed by atoms with Gasteiger partial charge in [-0.15, -0.1) is 0 Å². The highest BCUT2D eigenvalue weighted by Gasteiger charge is 2.01. The van der Waals surface area contributed by atoms with Crippen molar-refractivity contribution >= 4 is 21.9 Å². The number of ether oxygens (including phenoxy) is 1. The minimum atomic E-state index is -0.0537. The van der Waals surface area contributed by atoms with Crippen molar-refractivity contribution in [3.05, 3.63) is 24.3 Å². The second-order valence-corrected chi connectivity index (χ2v) is 7.39. The minimum absolute atomic E-state index is 0.0537. The topological polar surface area (TPSA) is 26.3 Å². The molecule has 0 aliphatic rings. The molecule has 0 saturated carbocycles. The van der Waals surface area contributed by atoms with Crippen molar-refractivity contribution in [1.29, 1.82) is 0 Å². The Morgan fingerprint density at radius 2 is 1.40 bits per heavy atom. The quantitative estimate of drug-likeness (QED) is 0.100. The molecule has 0 rings (SSSR count). The molecule has 0 bridgehead atoms. The summed E-state index contributed by atoms with van der Waals surface area (Å²) in [5.41, 5.74) is 0. The summed E-state index contributed by atoms with van der Waals surface area (Å²) in [6.07, 6.45) is 25.4. The summed E-state index contributed by atoms with van der Waals surface area (Å²) in [6, 6.07) is 0. The predicted molar refractivity (Wildman–Crippen MR) is 113 cm³/mol. The van der Waals surface area contributed by atoms with E-state index in [-0.39, 0.29) is 5.97 Å². The summed E-state index contributed by atoms with van der Waals surface area (Å²) >= 11 is 3.32. The van der Waals surface area contributed by atoms with Gasteiger partial charge in [-0.3, -0.25) is 4.79 Å². The number of alkyl halides is 1. The Balaban J connectivity index is 3.20. The molecule has 3 heteroatoms. The molecule has 0 aromatic carbocycles. The smallest absolute Gasteiger partial charge is 0.305 e. The van der Waals surface area contributed by atoms with Crippen molar-refractivity contribution in [2.75, 3.05) is 11.9 Å². The third-order valence-electron chi connectivity index (χ3n) is 4.12. The fourth-order valence-electron chi connectivity index (χ4n) is 2.56. The highest BCUT2D eigenvalue weighted by molar-refractivity contribution is 9.09. The average molecular weight is 415 g/mol. The van der Waals surface area contributed by atoms with Gasteiger partial charge in [0.15, 0.2) is 0 Å².